The van der Waals surface area contributed by atoms with Gasteiger partial charge in [-0.2, -0.15) is 0 Å². The first-order valence-electron chi connectivity index (χ1n) is 3.07. The van der Waals surface area contributed by atoms with E-state index in [0.717, 1.165) is 16.5 Å². The maximum atomic E-state index is 4.17. The van der Waals surface area contributed by atoms with Gasteiger partial charge in [-0.05, 0) is 6.08 Å². The Morgan fingerprint density at radius 2 is 2.20 bits per heavy atom. The van der Waals surface area contributed by atoms with Crippen LogP contribution in [-0.4, -0.2) is 15.7 Å². The molecule has 3 heteroatoms. The van der Waals surface area contributed by atoms with Gasteiger partial charge in [0.2, 0.25) is 0 Å². The van der Waals surface area contributed by atoms with Gasteiger partial charge in [0.15, 0.2) is 0 Å². The fraction of sp³-hybridized carbons (Fsp3) is 0.143. The van der Waals surface area contributed by atoms with Gasteiger partial charge < -0.3 is 0 Å². The second-order valence-electron chi connectivity index (χ2n) is 1.96. The van der Waals surface area contributed by atoms with Crippen LogP contribution in [0.15, 0.2) is 23.5 Å². The Morgan fingerprint density at radius 1 is 1.30 bits per heavy atom. The van der Waals surface area contributed by atoms with E-state index in [1.165, 1.54) is 0 Å². The summed E-state index contributed by atoms with van der Waals surface area (Å²) in [4.78, 5) is 8.32. The average Bonchev–Trinajstić information content (AvgIpc) is 2.05. The molecule has 0 unspecified atom stereocenters. The quantitative estimate of drug-likeness (QED) is 0.561. The zero-order valence-electron chi connectivity index (χ0n) is 5.32. The summed E-state index contributed by atoms with van der Waals surface area (Å²) in [6.07, 6.45) is 7.56. The monoisotopic (exact) mass is 150 g/mol. The van der Waals surface area contributed by atoms with Gasteiger partial charge in [0.1, 0.15) is 5.03 Å². The van der Waals surface area contributed by atoms with Gasteiger partial charge in [-0.3, -0.25) is 4.98 Å². The lowest BCUT2D eigenvalue weighted by Crippen LogP contribution is -1.92. The van der Waals surface area contributed by atoms with Crippen LogP contribution in [0.2, 0.25) is 0 Å². The molecule has 0 spiro atoms. The fourth-order valence-corrected chi connectivity index (χ4v) is 1.60. The molecule has 0 amide bonds. The molecule has 0 N–H and O–H groups in total. The molecule has 0 atom stereocenters. The van der Waals surface area contributed by atoms with Crippen molar-refractivity contribution in [3.05, 3.63) is 24.2 Å². The standard InChI is InChI=1S/C7H6N2S/c1-2-6-7(10-5-1)9-4-3-8-6/h1-4H,5H2. The topological polar surface area (TPSA) is 25.8 Å². The van der Waals surface area contributed by atoms with Crippen LogP contribution in [0.3, 0.4) is 0 Å². The molecule has 1 aromatic rings. The lowest BCUT2D eigenvalue weighted by Gasteiger charge is -2.04. The zero-order valence-corrected chi connectivity index (χ0v) is 6.14. The summed E-state index contributed by atoms with van der Waals surface area (Å²) in [5, 5.41) is 1.05. The Bertz CT molecular complexity index is 270. The molecule has 0 aliphatic carbocycles. The van der Waals surface area contributed by atoms with E-state index in [0.29, 0.717) is 0 Å². The number of fused-ring (bicyclic) bond motifs is 1. The normalized spacial score (nSPS) is 14.8. The van der Waals surface area contributed by atoms with Crippen molar-refractivity contribution in [2.24, 2.45) is 0 Å². The van der Waals surface area contributed by atoms with Crippen LogP contribution < -0.4 is 0 Å². The molecular formula is C7H6N2S. The highest BCUT2D eigenvalue weighted by atomic mass is 32.2. The number of aromatic nitrogens is 2. The summed E-state index contributed by atoms with van der Waals surface area (Å²) in [5.74, 6) is 1.02. The van der Waals surface area contributed by atoms with Crippen molar-refractivity contribution in [3.8, 4) is 0 Å². The number of thioether (sulfide) groups is 1. The van der Waals surface area contributed by atoms with Crippen molar-refractivity contribution >= 4 is 17.8 Å². The van der Waals surface area contributed by atoms with Crippen LogP contribution in [0.25, 0.3) is 6.08 Å². The molecule has 0 saturated heterocycles. The fourth-order valence-electron chi connectivity index (χ4n) is 0.848. The highest BCUT2D eigenvalue weighted by Gasteiger charge is 2.04. The second-order valence-corrected chi connectivity index (χ2v) is 2.97. The molecule has 1 aliphatic heterocycles. The number of nitrogens with zero attached hydrogens (tertiary/aromatic N) is 2. The Balaban J connectivity index is 2.54. The lowest BCUT2D eigenvalue weighted by atomic mass is 10.4. The van der Waals surface area contributed by atoms with Gasteiger partial charge in [0.05, 0.1) is 5.69 Å². The molecule has 0 bridgehead atoms. The maximum Gasteiger partial charge on any atom is 0.122 e. The van der Waals surface area contributed by atoms with E-state index in [9.17, 15) is 0 Å². The Labute approximate surface area is 63.4 Å². The lowest BCUT2D eigenvalue weighted by molar-refractivity contribution is 1.03. The van der Waals surface area contributed by atoms with E-state index in [1.807, 2.05) is 6.08 Å². The van der Waals surface area contributed by atoms with E-state index in [-0.39, 0.29) is 0 Å². The maximum absolute atomic E-state index is 4.17. The van der Waals surface area contributed by atoms with Crippen molar-refractivity contribution in [2.75, 3.05) is 5.75 Å². The van der Waals surface area contributed by atoms with E-state index in [2.05, 4.69) is 16.0 Å². The molecule has 10 heavy (non-hydrogen) atoms. The Kier molecular flexibility index (Phi) is 1.43. The summed E-state index contributed by atoms with van der Waals surface area (Å²) < 4.78 is 0. The SMILES string of the molecule is C1=Cc2nccnc2SC1. The summed E-state index contributed by atoms with van der Waals surface area (Å²) in [7, 11) is 0. The number of hydrogen-bond acceptors (Lipinski definition) is 3. The predicted molar refractivity (Wildman–Crippen MR) is 41.8 cm³/mol. The van der Waals surface area contributed by atoms with Crippen molar-refractivity contribution < 1.29 is 0 Å². The molecule has 50 valence electrons. The van der Waals surface area contributed by atoms with E-state index >= 15 is 0 Å². The van der Waals surface area contributed by atoms with Gasteiger partial charge >= 0.3 is 0 Å². The number of rotatable bonds is 0. The zero-order chi connectivity index (χ0) is 6.81. The van der Waals surface area contributed by atoms with Gasteiger partial charge in [0.25, 0.3) is 0 Å². The van der Waals surface area contributed by atoms with Crippen LogP contribution >= 0.6 is 11.8 Å². The van der Waals surface area contributed by atoms with E-state index in [4.69, 9.17) is 0 Å². The third-order valence-electron chi connectivity index (χ3n) is 1.28. The van der Waals surface area contributed by atoms with Crippen molar-refractivity contribution in [1.29, 1.82) is 0 Å². The van der Waals surface area contributed by atoms with Crippen molar-refractivity contribution in [2.45, 2.75) is 5.03 Å². The molecule has 2 heterocycles. The molecule has 2 rings (SSSR count). The molecule has 1 aromatic heterocycles. The minimum atomic E-state index is 0.999. The molecule has 0 radical (unpaired) electrons. The third kappa shape index (κ3) is 0.926. The van der Waals surface area contributed by atoms with Gasteiger partial charge in [-0.25, -0.2) is 4.98 Å². The molecule has 0 saturated carbocycles. The van der Waals surface area contributed by atoms with Crippen LogP contribution in [0.4, 0.5) is 0 Å². The van der Waals surface area contributed by atoms with Crippen LogP contribution in [-0.2, 0) is 0 Å². The van der Waals surface area contributed by atoms with E-state index < -0.39 is 0 Å². The average molecular weight is 150 g/mol. The summed E-state index contributed by atoms with van der Waals surface area (Å²) in [5.41, 5.74) is 0.999. The van der Waals surface area contributed by atoms with Gasteiger partial charge in [0, 0.05) is 18.1 Å². The molecule has 1 aliphatic rings. The van der Waals surface area contributed by atoms with Gasteiger partial charge in [-0.15, -0.1) is 11.8 Å². The smallest absolute Gasteiger partial charge is 0.122 e. The second kappa shape index (κ2) is 2.42. The van der Waals surface area contributed by atoms with Crippen LogP contribution in [0, 0.1) is 0 Å². The first kappa shape index (κ1) is 5.92. The number of hydrogen-bond donors (Lipinski definition) is 0. The highest BCUT2D eigenvalue weighted by molar-refractivity contribution is 7.99. The van der Waals surface area contributed by atoms with Gasteiger partial charge in [-0.1, -0.05) is 6.08 Å². The molecule has 0 aromatic carbocycles. The summed E-state index contributed by atoms with van der Waals surface area (Å²) in [6, 6.07) is 0. The predicted octanol–water partition coefficient (Wildman–Crippen LogP) is 1.60. The highest BCUT2D eigenvalue weighted by Crippen LogP contribution is 2.23. The summed E-state index contributed by atoms with van der Waals surface area (Å²) in [6.45, 7) is 0. The van der Waals surface area contributed by atoms with E-state index in [1.54, 1.807) is 24.2 Å². The van der Waals surface area contributed by atoms with Crippen molar-refractivity contribution in [3.63, 3.8) is 0 Å². The van der Waals surface area contributed by atoms with Crippen molar-refractivity contribution in [1.82, 2.24) is 9.97 Å². The Morgan fingerprint density at radius 3 is 3.10 bits per heavy atom. The molecular weight excluding hydrogens is 144 g/mol. The Hall–Kier alpha value is -0.830. The molecule has 0 fully saturated rings. The third-order valence-corrected chi connectivity index (χ3v) is 2.23. The minimum absolute atomic E-state index is 0.999. The van der Waals surface area contributed by atoms with Crippen LogP contribution in [0.5, 0.6) is 0 Å². The largest absolute Gasteiger partial charge is 0.252 e. The first-order valence-corrected chi connectivity index (χ1v) is 4.06. The molecule has 2 nitrogen and oxygen atoms in total. The van der Waals surface area contributed by atoms with Crippen LogP contribution in [0.1, 0.15) is 5.69 Å². The summed E-state index contributed by atoms with van der Waals surface area (Å²) >= 11 is 1.73. The first-order chi connectivity index (χ1) is 4.97. The minimum Gasteiger partial charge on any atom is -0.252 e.